The summed E-state index contributed by atoms with van der Waals surface area (Å²) < 4.78 is 12.1. The third kappa shape index (κ3) is 3.61. The summed E-state index contributed by atoms with van der Waals surface area (Å²) in [5.41, 5.74) is -0.503. The minimum absolute atomic E-state index is 0.0886. The molecule has 1 unspecified atom stereocenters. The molecule has 5 N–H and O–H groups in total. The van der Waals surface area contributed by atoms with E-state index >= 15 is 0 Å². The fourth-order valence-electron chi connectivity index (χ4n) is 3.90. The number of ketones is 1. The van der Waals surface area contributed by atoms with E-state index in [-0.39, 0.29) is 17.1 Å². The number of nitrogens with one attached hydrogen (secondary N) is 1. The number of para-hydroxylation sites is 2. The first-order valence-electron chi connectivity index (χ1n) is 9.66. The van der Waals surface area contributed by atoms with E-state index in [1.165, 1.54) is 19.2 Å². The van der Waals surface area contributed by atoms with E-state index < -0.39 is 35.8 Å². The summed E-state index contributed by atoms with van der Waals surface area (Å²) in [5, 5.41) is 42.6. The number of benzene rings is 2. The molecule has 0 aliphatic carbocycles. The summed E-state index contributed by atoms with van der Waals surface area (Å²) in [5.74, 6) is -2.31. The summed E-state index contributed by atoms with van der Waals surface area (Å²) in [6.07, 6.45) is -5.23. The van der Waals surface area contributed by atoms with Crippen molar-refractivity contribution in [3.63, 3.8) is 0 Å². The molecule has 1 saturated heterocycles. The molecule has 0 saturated carbocycles. The van der Waals surface area contributed by atoms with Crippen LogP contribution in [0.1, 0.15) is 22.8 Å². The smallest absolute Gasteiger partial charge is 0.268 e. The highest BCUT2D eigenvalue weighted by Gasteiger charge is 2.59. The second kappa shape index (κ2) is 8.23. The van der Waals surface area contributed by atoms with Gasteiger partial charge >= 0.3 is 0 Å². The van der Waals surface area contributed by atoms with Gasteiger partial charge in [0.15, 0.2) is 17.5 Å². The fourth-order valence-corrected chi connectivity index (χ4v) is 4.10. The summed E-state index contributed by atoms with van der Waals surface area (Å²) in [7, 11) is 0. The molecule has 0 spiro atoms. The van der Waals surface area contributed by atoms with Gasteiger partial charge in [-0.2, -0.15) is 0 Å². The number of aliphatic hydroxyl groups is 4. The molecule has 8 nitrogen and oxygen atoms in total. The minimum Gasteiger partial charge on any atom is -0.454 e. The van der Waals surface area contributed by atoms with Crippen molar-refractivity contribution in [3.8, 4) is 5.75 Å². The second-order valence-corrected chi connectivity index (χ2v) is 7.90. The molecule has 1 fully saturated rings. The van der Waals surface area contributed by atoms with Gasteiger partial charge in [0.05, 0.1) is 11.1 Å². The lowest BCUT2D eigenvalue weighted by Gasteiger charge is -2.48. The summed E-state index contributed by atoms with van der Waals surface area (Å²) in [4.78, 5) is 15.2. The monoisotopic (exact) mass is 447 g/mol. The predicted octanol–water partition coefficient (Wildman–Crippen LogP) is 1.64. The number of carbonyl (C=O) groups is 1. The van der Waals surface area contributed by atoms with Crippen molar-refractivity contribution in [2.75, 3.05) is 0 Å². The first-order chi connectivity index (χ1) is 14.8. The minimum atomic E-state index is -2.11. The number of H-pyrrole nitrogens is 1. The number of halogens is 1. The Hall–Kier alpha value is -2.46. The number of hydrogen-bond donors (Lipinski definition) is 5. The number of Topliss-reactive ketones (excluding diaryl/α,β-unsaturated/α-hetero) is 1. The Morgan fingerprint density at radius 3 is 2.52 bits per heavy atom. The van der Waals surface area contributed by atoms with Crippen LogP contribution in [0.2, 0.25) is 0 Å². The van der Waals surface area contributed by atoms with Gasteiger partial charge in [0.2, 0.25) is 0 Å². The Morgan fingerprint density at radius 2 is 1.81 bits per heavy atom. The summed E-state index contributed by atoms with van der Waals surface area (Å²) in [6.45, 7) is 1.36. The van der Waals surface area contributed by atoms with Crippen LogP contribution in [0, 0.1) is 0 Å². The van der Waals surface area contributed by atoms with Gasteiger partial charge in [-0.3, -0.25) is 4.79 Å². The molecule has 164 valence electrons. The van der Waals surface area contributed by atoms with Gasteiger partial charge < -0.3 is 34.9 Å². The van der Waals surface area contributed by atoms with Gasteiger partial charge in [-0.15, -0.1) is 0 Å². The van der Waals surface area contributed by atoms with Crippen molar-refractivity contribution < 1.29 is 34.7 Å². The molecular formula is C22H22ClNO7. The lowest BCUT2D eigenvalue weighted by Crippen LogP contribution is -2.66. The zero-order valence-electron chi connectivity index (χ0n) is 16.5. The summed E-state index contributed by atoms with van der Waals surface area (Å²) in [6, 6.07) is 13.5. The molecule has 0 radical (unpaired) electrons. The molecule has 31 heavy (non-hydrogen) atoms. The van der Waals surface area contributed by atoms with E-state index in [1.54, 1.807) is 36.4 Å². The van der Waals surface area contributed by atoms with Crippen LogP contribution in [0.15, 0.2) is 54.7 Å². The van der Waals surface area contributed by atoms with Crippen molar-refractivity contribution in [1.82, 2.24) is 4.98 Å². The molecule has 1 aromatic heterocycles. The van der Waals surface area contributed by atoms with Crippen LogP contribution in [0.5, 0.6) is 5.75 Å². The lowest BCUT2D eigenvalue weighted by molar-refractivity contribution is -0.348. The van der Waals surface area contributed by atoms with Crippen LogP contribution >= 0.6 is 11.6 Å². The number of aromatic nitrogens is 1. The molecule has 6 atom stereocenters. The Morgan fingerprint density at radius 1 is 1.13 bits per heavy atom. The van der Waals surface area contributed by atoms with Crippen LogP contribution in [0.4, 0.5) is 0 Å². The normalized spacial score (nSPS) is 29.6. The maximum Gasteiger partial charge on any atom is 0.268 e. The number of aromatic amines is 1. The Balaban J connectivity index is 1.94. The van der Waals surface area contributed by atoms with E-state index in [1.807, 2.05) is 6.07 Å². The molecule has 1 aliphatic heterocycles. The van der Waals surface area contributed by atoms with Crippen LogP contribution < -0.4 is 4.74 Å². The Labute approximate surface area is 182 Å². The number of fused-ring (bicyclic) bond motifs is 1. The Kier molecular flexibility index (Phi) is 5.78. The number of rotatable bonds is 5. The maximum atomic E-state index is 12.1. The maximum absolute atomic E-state index is 12.1. The first kappa shape index (κ1) is 21.8. The van der Waals surface area contributed by atoms with Crippen LogP contribution in [0.25, 0.3) is 10.9 Å². The molecule has 0 bridgehead atoms. The van der Waals surface area contributed by atoms with E-state index in [2.05, 4.69) is 4.98 Å². The zero-order valence-corrected chi connectivity index (χ0v) is 17.2. The van der Waals surface area contributed by atoms with Gasteiger partial charge in [-0.25, -0.2) is 0 Å². The quantitative estimate of drug-likeness (QED) is 0.296. The SMILES string of the molecule is CC(=O)c1ccccc1O[C@]1(c2c[nH]c3ccccc23)O[C@H](C(O)Cl)[C@H](O)[C@H](O)[C@H]1O. The topological polar surface area (TPSA) is 132 Å². The molecule has 0 amide bonds. The van der Waals surface area contributed by atoms with Crippen molar-refractivity contribution in [2.24, 2.45) is 0 Å². The van der Waals surface area contributed by atoms with Crippen LogP contribution in [-0.2, 0) is 10.5 Å². The van der Waals surface area contributed by atoms with Crippen molar-refractivity contribution in [2.45, 2.75) is 42.7 Å². The number of ether oxygens (including phenoxy) is 2. The highest BCUT2D eigenvalue weighted by atomic mass is 35.5. The highest BCUT2D eigenvalue weighted by molar-refractivity contribution is 6.19. The van der Waals surface area contributed by atoms with E-state index in [9.17, 15) is 25.2 Å². The largest absolute Gasteiger partial charge is 0.454 e. The zero-order chi connectivity index (χ0) is 22.3. The van der Waals surface area contributed by atoms with E-state index in [0.29, 0.717) is 16.5 Å². The highest BCUT2D eigenvalue weighted by Crippen LogP contribution is 2.44. The van der Waals surface area contributed by atoms with Gasteiger partial charge in [0, 0.05) is 17.1 Å². The molecule has 2 aromatic carbocycles. The lowest BCUT2D eigenvalue weighted by atomic mass is 9.87. The standard InChI is InChI=1S/C22H22ClNO7/c1-11(25)12-6-3-5-9-16(12)30-22(14-10-24-15-8-4-2-7-13(14)15)20(28)18(27)17(26)19(31-22)21(23)29/h2-10,17-21,24,26-29H,1H3/t17-,18+,19+,20-,21?,22-/m1/s1. The summed E-state index contributed by atoms with van der Waals surface area (Å²) >= 11 is 5.82. The molecule has 1 aliphatic rings. The van der Waals surface area contributed by atoms with Crippen molar-refractivity contribution in [3.05, 3.63) is 65.9 Å². The Bertz CT molecular complexity index is 1100. The molecule has 4 rings (SSSR count). The van der Waals surface area contributed by atoms with Crippen molar-refractivity contribution in [1.29, 1.82) is 0 Å². The van der Waals surface area contributed by atoms with Gasteiger partial charge in [0.25, 0.3) is 5.79 Å². The van der Waals surface area contributed by atoms with E-state index in [0.717, 1.165) is 0 Å². The third-order valence-corrected chi connectivity index (χ3v) is 5.72. The third-order valence-electron chi connectivity index (χ3n) is 5.47. The second-order valence-electron chi connectivity index (χ2n) is 7.45. The van der Waals surface area contributed by atoms with Gasteiger partial charge in [-0.05, 0) is 25.1 Å². The number of hydrogen-bond acceptors (Lipinski definition) is 7. The number of alkyl halides is 1. The molecule has 2 heterocycles. The number of aliphatic hydroxyl groups excluding tert-OH is 4. The van der Waals surface area contributed by atoms with Crippen LogP contribution in [0.3, 0.4) is 0 Å². The van der Waals surface area contributed by atoms with E-state index in [4.69, 9.17) is 21.1 Å². The predicted molar refractivity (Wildman–Crippen MR) is 112 cm³/mol. The van der Waals surface area contributed by atoms with Crippen molar-refractivity contribution >= 4 is 28.3 Å². The average Bonchev–Trinajstić information content (AvgIpc) is 3.19. The average molecular weight is 448 g/mol. The van der Waals surface area contributed by atoms with Gasteiger partial charge in [-0.1, -0.05) is 41.9 Å². The molecular weight excluding hydrogens is 426 g/mol. The first-order valence-corrected chi connectivity index (χ1v) is 10.1. The van der Waals surface area contributed by atoms with Gasteiger partial charge in [0.1, 0.15) is 24.1 Å². The molecule has 3 aromatic rings. The molecule has 9 heteroatoms. The van der Waals surface area contributed by atoms with Crippen LogP contribution in [-0.4, -0.2) is 61.2 Å². The number of carbonyl (C=O) groups excluding carboxylic acids is 1. The fraction of sp³-hybridized carbons (Fsp3) is 0.318.